The Bertz CT molecular complexity index is 574. The zero-order valence-electron chi connectivity index (χ0n) is 9.72. The molecule has 0 saturated carbocycles. The van der Waals surface area contributed by atoms with Gasteiger partial charge in [0.1, 0.15) is 0 Å². The summed E-state index contributed by atoms with van der Waals surface area (Å²) in [6.45, 7) is 0. The zero-order chi connectivity index (χ0) is 13.1. The van der Waals surface area contributed by atoms with Gasteiger partial charge in [-0.3, -0.25) is 0 Å². The SMILES string of the molecule is O=C([O-])c1ccc(Nc2nc(Cl)nc(Cl)n2)cc1.[Na+]. The average molecular weight is 307 g/mol. The van der Waals surface area contributed by atoms with E-state index in [2.05, 4.69) is 20.3 Å². The van der Waals surface area contributed by atoms with Crippen LogP contribution in [0.3, 0.4) is 0 Å². The first-order valence-electron chi connectivity index (χ1n) is 4.70. The Kier molecular flexibility index (Phi) is 5.96. The van der Waals surface area contributed by atoms with Crippen LogP contribution >= 0.6 is 23.2 Å². The summed E-state index contributed by atoms with van der Waals surface area (Å²) in [4.78, 5) is 21.8. The van der Waals surface area contributed by atoms with Crippen LogP contribution in [-0.4, -0.2) is 20.9 Å². The van der Waals surface area contributed by atoms with Crippen molar-refractivity contribution in [2.75, 3.05) is 5.32 Å². The fraction of sp³-hybridized carbons (Fsp3) is 0. The summed E-state index contributed by atoms with van der Waals surface area (Å²) in [6.07, 6.45) is 0. The molecule has 1 heterocycles. The van der Waals surface area contributed by atoms with E-state index in [0.717, 1.165) is 0 Å². The molecule has 2 rings (SSSR count). The summed E-state index contributed by atoms with van der Waals surface area (Å²) in [5.41, 5.74) is 0.658. The first-order valence-corrected chi connectivity index (χ1v) is 5.46. The first-order chi connectivity index (χ1) is 8.54. The van der Waals surface area contributed by atoms with Gasteiger partial charge in [0.25, 0.3) is 0 Å². The number of anilines is 2. The van der Waals surface area contributed by atoms with Crippen LogP contribution in [0.15, 0.2) is 24.3 Å². The molecule has 0 amide bonds. The molecule has 0 spiro atoms. The molecule has 0 unspecified atom stereocenters. The van der Waals surface area contributed by atoms with Gasteiger partial charge in [0.15, 0.2) is 0 Å². The quantitative estimate of drug-likeness (QED) is 0.679. The fourth-order valence-corrected chi connectivity index (χ4v) is 1.56. The van der Waals surface area contributed by atoms with E-state index in [4.69, 9.17) is 23.2 Å². The molecule has 0 radical (unpaired) electrons. The maximum absolute atomic E-state index is 10.6. The zero-order valence-corrected chi connectivity index (χ0v) is 13.2. The van der Waals surface area contributed by atoms with Crippen LogP contribution in [-0.2, 0) is 0 Å². The van der Waals surface area contributed by atoms with Gasteiger partial charge in [-0.15, -0.1) is 0 Å². The Balaban J connectivity index is 0.00000180. The molecule has 0 aliphatic heterocycles. The Morgan fingerprint density at radius 1 is 1.05 bits per heavy atom. The van der Waals surface area contributed by atoms with Gasteiger partial charge in [-0.1, -0.05) is 12.1 Å². The summed E-state index contributed by atoms with van der Waals surface area (Å²) in [7, 11) is 0. The molecule has 0 aliphatic rings. The molecular formula is C10H5Cl2N4NaO2. The van der Waals surface area contributed by atoms with Gasteiger partial charge in [-0.05, 0) is 40.9 Å². The Morgan fingerprint density at radius 2 is 1.58 bits per heavy atom. The van der Waals surface area contributed by atoms with E-state index < -0.39 is 5.97 Å². The Labute approximate surface area is 140 Å². The topological polar surface area (TPSA) is 90.8 Å². The van der Waals surface area contributed by atoms with Crippen molar-refractivity contribution in [2.24, 2.45) is 0 Å². The molecule has 1 aromatic heterocycles. The predicted molar refractivity (Wildman–Crippen MR) is 63.9 cm³/mol. The predicted octanol–water partition coefficient (Wildman–Crippen LogP) is -1.71. The summed E-state index contributed by atoms with van der Waals surface area (Å²) in [5, 5.41) is 13.3. The van der Waals surface area contributed by atoms with E-state index in [1.807, 2.05) is 0 Å². The number of carboxylic acid groups (broad SMARTS) is 1. The molecule has 92 valence electrons. The van der Waals surface area contributed by atoms with E-state index in [9.17, 15) is 9.90 Å². The van der Waals surface area contributed by atoms with Crippen LogP contribution in [0, 0.1) is 0 Å². The van der Waals surface area contributed by atoms with Crippen molar-refractivity contribution >= 4 is 40.8 Å². The molecule has 19 heavy (non-hydrogen) atoms. The molecule has 0 saturated heterocycles. The summed E-state index contributed by atoms with van der Waals surface area (Å²) in [6, 6.07) is 5.86. The molecule has 0 atom stereocenters. The maximum Gasteiger partial charge on any atom is 1.00 e. The van der Waals surface area contributed by atoms with E-state index in [0.29, 0.717) is 5.69 Å². The molecule has 6 nitrogen and oxygen atoms in total. The summed E-state index contributed by atoms with van der Waals surface area (Å²) >= 11 is 11.2. The van der Waals surface area contributed by atoms with Gasteiger partial charge in [-0.2, -0.15) is 15.0 Å². The number of hydrogen-bond donors (Lipinski definition) is 1. The number of hydrogen-bond acceptors (Lipinski definition) is 6. The second kappa shape index (κ2) is 7.02. The van der Waals surface area contributed by atoms with Crippen molar-refractivity contribution in [3.05, 3.63) is 40.4 Å². The Hall–Kier alpha value is -0.920. The number of nitrogens with zero attached hydrogens (tertiary/aromatic N) is 3. The third-order valence-corrected chi connectivity index (χ3v) is 2.30. The van der Waals surface area contributed by atoms with Crippen LogP contribution in [0.1, 0.15) is 10.4 Å². The average Bonchev–Trinajstić information content (AvgIpc) is 2.28. The fourth-order valence-electron chi connectivity index (χ4n) is 1.20. The van der Waals surface area contributed by atoms with Gasteiger partial charge >= 0.3 is 29.6 Å². The number of benzene rings is 1. The maximum atomic E-state index is 10.6. The van der Waals surface area contributed by atoms with E-state index in [1.165, 1.54) is 24.3 Å². The van der Waals surface area contributed by atoms with Crippen molar-refractivity contribution in [1.29, 1.82) is 0 Å². The second-order valence-corrected chi connectivity index (χ2v) is 3.86. The number of carbonyl (C=O) groups is 1. The van der Waals surface area contributed by atoms with Crippen molar-refractivity contribution in [3.63, 3.8) is 0 Å². The number of aromatic carboxylic acids is 1. The van der Waals surface area contributed by atoms with E-state index >= 15 is 0 Å². The third kappa shape index (κ3) is 4.59. The molecule has 0 aliphatic carbocycles. The van der Waals surface area contributed by atoms with Crippen LogP contribution in [0.25, 0.3) is 0 Å². The van der Waals surface area contributed by atoms with E-state index in [-0.39, 0.29) is 51.6 Å². The summed E-state index contributed by atoms with van der Waals surface area (Å²) in [5.74, 6) is -1.08. The van der Waals surface area contributed by atoms with Crippen LogP contribution in [0.5, 0.6) is 0 Å². The smallest absolute Gasteiger partial charge is 0.545 e. The first kappa shape index (κ1) is 16.1. The number of rotatable bonds is 3. The van der Waals surface area contributed by atoms with Crippen molar-refractivity contribution in [3.8, 4) is 0 Å². The van der Waals surface area contributed by atoms with Crippen LogP contribution in [0.2, 0.25) is 10.6 Å². The van der Waals surface area contributed by atoms with Gasteiger partial charge in [0.05, 0.1) is 5.97 Å². The molecule has 9 heteroatoms. The molecule has 0 bridgehead atoms. The minimum Gasteiger partial charge on any atom is -0.545 e. The van der Waals surface area contributed by atoms with Gasteiger partial charge in [0.2, 0.25) is 16.5 Å². The normalized spacial score (nSPS) is 9.58. The van der Waals surface area contributed by atoms with Gasteiger partial charge in [-0.25, -0.2) is 0 Å². The van der Waals surface area contributed by atoms with Gasteiger partial charge < -0.3 is 15.2 Å². The second-order valence-electron chi connectivity index (χ2n) is 3.19. The Morgan fingerprint density at radius 3 is 2.05 bits per heavy atom. The van der Waals surface area contributed by atoms with Gasteiger partial charge in [0, 0.05) is 5.69 Å². The molecule has 0 fully saturated rings. The standard InChI is InChI=1S/C10H6Cl2N4O2.Na/c11-8-14-9(12)16-10(15-8)13-6-3-1-5(2-4-6)7(17)18;/h1-4H,(H,17,18)(H,13,14,15,16);/q;+1/p-1. The summed E-state index contributed by atoms with van der Waals surface area (Å²) < 4.78 is 0. The minimum atomic E-state index is -1.24. The number of halogens is 2. The molecule has 1 N–H and O–H groups in total. The number of aromatic nitrogens is 3. The molecular weight excluding hydrogens is 302 g/mol. The largest absolute Gasteiger partial charge is 1.00 e. The monoisotopic (exact) mass is 306 g/mol. The third-order valence-electron chi connectivity index (χ3n) is 1.96. The van der Waals surface area contributed by atoms with Crippen molar-refractivity contribution < 1.29 is 39.5 Å². The number of carbonyl (C=O) groups excluding carboxylic acids is 1. The van der Waals surface area contributed by atoms with Crippen LogP contribution in [0.4, 0.5) is 11.6 Å². The number of carboxylic acids is 1. The van der Waals surface area contributed by atoms with Crippen LogP contribution < -0.4 is 40.0 Å². The van der Waals surface area contributed by atoms with Crippen molar-refractivity contribution in [2.45, 2.75) is 0 Å². The van der Waals surface area contributed by atoms with E-state index in [1.54, 1.807) is 0 Å². The molecule has 2 aromatic rings. The molecule has 1 aromatic carbocycles. The number of nitrogens with one attached hydrogen (secondary N) is 1. The van der Waals surface area contributed by atoms with Crippen molar-refractivity contribution in [1.82, 2.24) is 15.0 Å². The minimum absolute atomic E-state index is 0.